The molecule has 0 saturated heterocycles. The van der Waals surface area contributed by atoms with E-state index in [1.807, 2.05) is 38.1 Å². The van der Waals surface area contributed by atoms with Crippen molar-refractivity contribution in [3.63, 3.8) is 0 Å². The van der Waals surface area contributed by atoms with E-state index >= 15 is 0 Å². The molecular formula is C12H16N2O. The summed E-state index contributed by atoms with van der Waals surface area (Å²) in [4.78, 5) is 7.75. The molecule has 0 aliphatic carbocycles. The third kappa shape index (κ3) is 2.57. The van der Waals surface area contributed by atoms with Crippen molar-refractivity contribution in [2.24, 2.45) is 0 Å². The number of hydrogen-bond acceptors (Lipinski definition) is 2. The standard InChI is InChI=1S/C12H16N2O/c1-9(2)15-8-7-12-13-10-5-3-4-6-11(10)14-12/h3-6,9H,7-8H2,1-2H3,(H,13,14). The van der Waals surface area contributed by atoms with Crippen LogP contribution in [0.4, 0.5) is 0 Å². The number of nitrogens with zero attached hydrogens (tertiary/aromatic N) is 1. The Morgan fingerprint density at radius 1 is 1.33 bits per heavy atom. The minimum atomic E-state index is 0.286. The number of para-hydroxylation sites is 2. The van der Waals surface area contributed by atoms with E-state index in [-0.39, 0.29) is 6.10 Å². The van der Waals surface area contributed by atoms with Crippen molar-refractivity contribution in [2.45, 2.75) is 26.4 Å². The molecule has 1 heterocycles. The molecule has 0 amide bonds. The molecule has 0 aliphatic rings. The fraction of sp³-hybridized carbons (Fsp3) is 0.417. The van der Waals surface area contributed by atoms with Crippen molar-refractivity contribution in [1.82, 2.24) is 9.97 Å². The highest BCUT2D eigenvalue weighted by molar-refractivity contribution is 5.74. The van der Waals surface area contributed by atoms with Gasteiger partial charge in [-0.3, -0.25) is 0 Å². The van der Waals surface area contributed by atoms with E-state index in [2.05, 4.69) is 9.97 Å². The zero-order valence-electron chi connectivity index (χ0n) is 9.16. The highest BCUT2D eigenvalue weighted by Crippen LogP contribution is 2.10. The van der Waals surface area contributed by atoms with Gasteiger partial charge in [-0.2, -0.15) is 0 Å². The quantitative estimate of drug-likeness (QED) is 0.831. The van der Waals surface area contributed by atoms with Crippen LogP contribution in [0.1, 0.15) is 19.7 Å². The summed E-state index contributed by atoms with van der Waals surface area (Å²) >= 11 is 0. The number of benzene rings is 1. The Bertz CT molecular complexity index is 401. The fourth-order valence-electron chi connectivity index (χ4n) is 1.52. The van der Waals surface area contributed by atoms with Gasteiger partial charge in [-0.05, 0) is 26.0 Å². The van der Waals surface area contributed by atoms with Crippen LogP contribution in [0.5, 0.6) is 0 Å². The van der Waals surface area contributed by atoms with E-state index in [4.69, 9.17) is 4.74 Å². The second-order valence-corrected chi connectivity index (χ2v) is 3.87. The van der Waals surface area contributed by atoms with Crippen molar-refractivity contribution in [3.05, 3.63) is 30.1 Å². The number of imidazole rings is 1. The van der Waals surface area contributed by atoms with E-state index in [0.29, 0.717) is 0 Å². The second kappa shape index (κ2) is 4.45. The van der Waals surface area contributed by atoms with Gasteiger partial charge >= 0.3 is 0 Å². The zero-order chi connectivity index (χ0) is 10.7. The van der Waals surface area contributed by atoms with Gasteiger partial charge in [0.2, 0.25) is 0 Å². The summed E-state index contributed by atoms with van der Waals surface area (Å²) in [5, 5.41) is 0. The monoisotopic (exact) mass is 204 g/mol. The van der Waals surface area contributed by atoms with Crippen LogP contribution in [0.2, 0.25) is 0 Å². The van der Waals surface area contributed by atoms with Crippen LogP contribution in [0.3, 0.4) is 0 Å². The van der Waals surface area contributed by atoms with E-state index < -0.39 is 0 Å². The first-order chi connectivity index (χ1) is 7.25. The highest BCUT2D eigenvalue weighted by atomic mass is 16.5. The molecule has 2 rings (SSSR count). The van der Waals surface area contributed by atoms with Gasteiger partial charge in [0.1, 0.15) is 5.82 Å². The molecule has 2 aromatic rings. The lowest BCUT2D eigenvalue weighted by molar-refractivity contribution is 0.0805. The summed E-state index contributed by atoms with van der Waals surface area (Å²) in [5.74, 6) is 0.997. The van der Waals surface area contributed by atoms with E-state index in [0.717, 1.165) is 29.9 Å². The minimum Gasteiger partial charge on any atom is -0.378 e. The number of rotatable bonds is 4. The Morgan fingerprint density at radius 2 is 2.13 bits per heavy atom. The maximum atomic E-state index is 5.48. The SMILES string of the molecule is CC(C)OCCc1nc2ccccc2[nH]1. The fourth-order valence-corrected chi connectivity index (χ4v) is 1.52. The van der Waals surface area contributed by atoms with Crippen molar-refractivity contribution >= 4 is 11.0 Å². The molecule has 0 atom stereocenters. The van der Waals surface area contributed by atoms with Crippen molar-refractivity contribution < 1.29 is 4.74 Å². The lowest BCUT2D eigenvalue weighted by atomic mass is 10.3. The van der Waals surface area contributed by atoms with Crippen molar-refractivity contribution in [2.75, 3.05) is 6.61 Å². The van der Waals surface area contributed by atoms with Crippen LogP contribution in [0.25, 0.3) is 11.0 Å². The molecule has 0 bridgehead atoms. The second-order valence-electron chi connectivity index (χ2n) is 3.87. The van der Waals surface area contributed by atoms with Gasteiger partial charge in [-0.25, -0.2) is 4.98 Å². The average Bonchev–Trinajstić information content (AvgIpc) is 2.59. The summed E-state index contributed by atoms with van der Waals surface area (Å²) in [6, 6.07) is 8.06. The van der Waals surface area contributed by atoms with E-state index in [9.17, 15) is 0 Å². The Hall–Kier alpha value is -1.35. The number of aromatic nitrogens is 2. The molecule has 80 valence electrons. The predicted molar refractivity (Wildman–Crippen MR) is 60.9 cm³/mol. The summed E-state index contributed by atoms with van der Waals surface area (Å²) in [6.45, 7) is 4.80. The van der Waals surface area contributed by atoms with Crippen LogP contribution in [-0.2, 0) is 11.2 Å². The van der Waals surface area contributed by atoms with Gasteiger partial charge in [-0.1, -0.05) is 12.1 Å². The Labute approximate surface area is 89.5 Å². The lowest BCUT2D eigenvalue weighted by Crippen LogP contribution is -2.06. The maximum absolute atomic E-state index is 5.48. The maximum Gasteiger partial charge on any atom is 0.109 e. The number of nitrogens with one attached hydrogen (secondary N) is 1. The molecule has 3 nitrogen and oxygen atoms in total. The first kappa shape index (κ1) is 10.2. The molecule has 15 heavy (non-hydrogen) atoms. The van der Waals surface area contributed by atoms with Gasteiger partial charge in [0.05, 0.1) is 23.7 Å². The molecule has 0 unspecified atom stereocenters. The first-order valence-corrected chi connectivity index (χ1v) is 5.31. The van der Waals surface area contributed by atoms with Crippen LogP contribution < -0.4 is 0 Å². The molecule has 1 N–H and O–H groups in total. The first-order valence-electron chi connectivity index (χ1n) is 5.31. The number of aromatic amines is 1. The topological polar surface area (TPSA) is 37.9 Å². The van der Waals surface area contributed by atoms with Crippen molar-refractivity contribution in [1.29, 1.82) is 0 Å². The zero-order valence-corrected chi connectivity index (χ0v) is 9.16. The third-order valence-electron chi connectivity index (χ3n) is 2.23. The lowest BCUT2D eigenvalue weighted by Gasteiger charge is -2.04. The summed E-state index contributed by atoms with van der Waals surface area (Å²) in [7, 11) is 0. The number of fused-ring (bicyclic) bond motifs is 1. The van der Waals surface area contributed by atoms with Gasteiger partial charge < -0.3 is 9.72 Å². The summed E-state index contributed by atoms with van der Waals surface area (Å²) in [5.41, 5.74) is 2.12. The minimum absolute atomic E-state index is 0.286. The third-order valence-corrected chi connectivity index (χ3v) is 2.23. The van der Waals surface area contributed by atoms with Crippen molar-refractivity contribution in [3.8, 4) is 0 Å². The normalized spacial score (nSPS) is 11.4. The number of ether oxygens (including phenoxy) is 1. The molecule has 0 aliphatic heterocycles. The Balaban J connectivity index is 2.03. The average molecular weight is 204 g/mol. The molecule has 0 fully saturated rings. The van der Waals surface area contributed by atoms with Gasteiger partial charge in [0.15, 0.2) is 0 Å². The smallest absolute Gasteiger partial charge is 0.109 e. The van der Waals surface area contributed by atoms with Gasteiger partial charge in [0.25, 0.3) is 0 Å². The molecule has 0 spiro atoms. The largest absolute Gasteiger partial charge is 0.378 e. The van der Waals surface area contributed by atoms with Crippen LogP contribution >= 0.6 is 0 Å². The summed E-state index contributed by atoms with van der Waals surface area (Å²) in [6.07, 6.45) is 1.13. The van der Waals surface area contributed by atoms with Crippen LogP contribution in [0, 0.1) is 0 Å². The molecule has 1 aromatic carbocycles. The number of H-pyrrole nitrogens is 1. The molecule has 1 aromatic heterocycles. The summed E-state index contributed by atoms with van der Waals surface area (Å²) < 4.78 is 5.48. The predicted octanol–water partition coefficient (Wildman–Crippen LogP) is 2.53. The Morgan fingerprint density at radius 3 is 2.87 bits per heavy atom. The molecule has 3 heteroatoms. The van der Waals surface area contributed by atoms with Crippen LogP contribution in [-0.4, -0.2) is 22.7 Å². The molecular weight excluding hydrogens is 188 g/mol. The molecule has 0 radical (unpaired) electrons. The van der Waals surface area contributed by atoms with Gasteiger partial charge in [-0.15, -0.1) is 0 Å². The van der Waals surface area contributed by atoms with Gasteiger partial charge in [0, 0.05) is 6.42 Å². The number of hydrogen-bond donors (Lipinski definition) is 1. The van der Waals surface area contributed by atoms with E-state index in [1.165, 1.54) is 0 Å². The van der Waals surface area contributed by atoms with E-state index in [1.54, 1.807) is 0 Å². The molecule has 0 saturated carbocycles. The Kier molecular flexibility index (Phi) is 3.02. The van der Waals surface area contributed by atoms with Crippen LogP contribution in [0.15, 0.2) is 24.3 Å². The highest BCUT2D eigenvalue weighted by Gasteiger charge is 2.01.